The lowest BCUT2D eigenvalue weighted by atomic mass is 10.3. The first-order chi connectivity index (χ1) is 10.2. The Bertz CT molecular complexity index is 621. The van der Waals surface area contributed by atoms with E-state index < -0.39 is 0 Å². The van der Waals surface area contributed by atoms with Crippen LogP contribution in [0.25, 0.3) is 0 Å². The van der Waals surface area contributed by atoms with E-state index in [1.54, 1.807) is 25.3 Å². The van der Waals surface area contributed by atoms with Crippen LogP contribution in [0.15, 0.2) is 30.3 Å². The van der Waals surface area contributed by atoms with Crippen molar-refractivity contribution in [1.82, 2.24) is 4.98 Å². The lowest BCUT2D eigenvalue weighted by Crippen LogP contribution is -2.03. The van der Waals surface area contributed by atoms with E-state index in [1.807, 2.05) is 12.1 Å². The Hall–Kier alpha value is -1.65. The molecule has 112 valence electrons. The van der Waals surface area contributed by atoms with E-state index in [0.29, 0.717) is 27.4 Å². The second kappa shape index (κ2) is 7.38. The number of anilines is 1. The Labute approximate surface area is 134 Å². The molecule has 0 aliphatic heterocycles. The van der Waals surface area contributed by atoms with Crippen LogP contribution in [0.1, 0.15) is 13.3 Å². The SMILES string of the molecule is CCCNc1nc(Oc2ccccc2OC)c(Cl)cc1Cl. The van der Waals surface area contributed by atoms with Crippen LogP contribution in [0.3, 0.4) is 0 Å². The van der Waals surface area contributed by atoms with E-state index >= 15 is 0 Å². The van der Waals surface area contributed by atoms with Gasteiger partial charge in [-0.2, -0.15) is 4.98 Å². The third-order valence-electron chi connectivity index (χ3n) is 2.72. The Morgan fingerprint density at radius 2 is 1.86 bits per heavy atom. The van der Waals surface area contributed by atoms with Crippen LogP contribution in [0, 0.1) is 0 Å². The van der Waals surface area contributed by atoms with Crippen molar-refractivity contribution in [2.24, 2.45) is 0 Å². The molecule has 0 radical (unpaired) electrons. The molecule has 2 rings (SSSR count). The van der Waals surface area contributed by atoms with Crippen molar-refractivity contribution in [1.29, 1.82) is 0 Å². The second-order valence-corrected chi connectivity index (χ2v) is 5.10. The smallest absolute Gasteiger partial charge is 0.240 e. The lowest BCUT2D eigenvalue weighted by Gasteiger charge is -2.13. The number of nitrogens with one attached hydrogen (secondary N) is 1. The molecule has 0 aliphatic rings. The number of para-hydroxylation sites is 2. The summed E-state index contributed by atoms with van der Waals surface area (Å²) in [6, 6.07) is 8.90. The fourth-order valence-corrected chi connectivity index (χ4v) is 2.16. The van der Waals surface area contributed by atoms with Gasteiger partial charge in [-0.25, -0.2) is 0 Å². The standard InChI is InChI=1S/C15H16Cl2N2O2/c1-3-8-18-14-10(16)9-11(17)15(19-14)21-13-7-5-4-6-12(13)20-2/h4-7,9H,3,8H2,1-2H3,(H,18,19). The van der Waals surface area contributed by atoms with Gasteiger partial charge in [0.2, 0.25) is 5.88 Å². The zero-order valence-corrected chi connectivity index (χ0v) is 13.3. The number of benzene rings is 1. The van der Waals surface area contributed by atoms with E-state index in [4.69, 9.17) is 32.7 Å². The highest BCUT2D eigenvalue weighted by molar-refractivity contribution is 6.36. The number of hydrogen-bond acceptors (Lipinski definition) is 4. The molecule has 0 aliphatic carbocycles. The normalized spacial score (nSPS) is 10.3. The molecular formula is C15H16Cl2N2O2. The van der Waals surface area contributed by atoms with Gasteiger partial charge in [0, 0.05) is 6.54 Å². The minimum atomic E-state index is 0.282. The summed E-state index contributed by atoms with van der Waals surface area (Å²) in [5, 5.41) is 3.93. The molecule has 4 nitrogen and oxygen atoms in total. The number of methoxy groups -OCH3 is 1. The minimum absolute atomic E-state index is 0.282. The summed E-state index contributed by atoms with van der Waals surface area (Å²) in [5.41, 5.74) is 0. The van der Waals surface area contributed by atoms with Gasteiger partial charge in [0.15, 0.2) is 11.5 Å². The fourth-order valence-electron chi connectivity index (χ4n) is 1.70. The van der Waals surface area contributed by atoms with E-state index in [0.717, 1.165) is 13.0 Å². The zero-order chi connectivity index (χ0) is 15.2. The van der Waals surface area contributed by atoms with Crippen molar-refractivity contribution in [3.63, 3.8) is 0 Å². The van der Waals surface area contributed by atoms with Crippen LogP contribution >= 0.6 is 23.2 Å². The molecule has 1 N–H and O–H groups in total. The predicted molar refractivity (Wildman–Crippen MR) is 86.1 cm³/mol. The van der Waals surface area contributed by atoms with Crippen LogP contribution in [0.5, 0.6) is 17.4 Å². The van der Waals surface area contributed by atoms with Crippen molar-refractivity contribution < 1.29 is 9.47 Å². The molecule has 1 aromatic heterocycles. The van der Waals surface area contributed by atoms with Gasteiger partial charge in [0.1, 0.15) is 10.8 Å². The van der Waals surface area contributed by atoms with Gasteiger partial charge < -0.3 is 14.8 Å². The first kappa shape index (κ1) is 15.7. The topological polar surface area (TPSA) is 43.4 Å². The summed E-state index contributed by atoms with van der Waals surface area (Å²) in [7, 11) is 1.58. The maximum absolute atomic E-state index is 6.14. The fraction of sp³-hybridized carbons (Fsp3) is 0.267. The van der Waals surface area contributed by atoms with Gasteiger partial charge in [0.25, 0.3) is 0 Å². The highest BCUT2D eigenvalue weighted by atomic mass is 35.5. The molecule has 0 atom stereocenters. The molecule has 2 aromatic rings. The summed E-state index contributed by atoms with van der Waals surface area (Å²) in [6.07, 6.45) is 0.962. The quantitative estimate of drug-likeness (QED) is 0.810. The number of aromatic nitrogens is 1. The Morgan fingerprint density at radius 3 is 2.52 bits per heavy atom. The summed E-state index contributed by atoms with van der Waals surface area (Å²) in [4.78, 5) is 4.33. The van der Waals surface area contributed by atoms with Gasteiger partial charge in [-0.1, -0.05) is 42.3 Å². The Balaban J connectivity index is 2.30. The van der Waals surface area contributed by atoms with Crippen LogP contribution < -0.4 is 14.8 Å². The van der Waals surface area contributed by atoms with Gasteiger partial charge in [-0.3, -0.25) is 0 Å². The molecule has 0 fully saturated rings. The van der Waals surface area contributed by atoms with Crippen molar-refractivity contribution in [3.8, 4) is 17.4 Å². The monoisotopic (exact) mass is 326 g/mol. The minimum Gasteiger partial charge on any atom is -0.493 e. The molecule has 0 unspecified atom stereocenters. The molecule has 6 heteroatoms. The van der Waals surface area contributed by atoms with E-state index in [1.165, 1.54) is 0 Å². The lowest BCUT2D eigenvalue weighted by molar-refractivity contribution is 0.374. The molecule has 0 saturated heterocycles. The Kier molecular flexibility index (Phi) is 5.53. The molecule has 0 bridgehead atoms. The molecule has 0 saturated carbocycles. The third-order valence-corrected chi connectivity index (χ3v) is 3.27. The first-order valence-electron chi connectivity index (χ1n) is 6.56. The molecule has 0 spiro atoms. The summed E-state index contributed by atoms with van der Waals surface area (Å²) in [6.45, 7) is 2.82. The molecular weight excluding hydrogens is 311 g/mol. The summed E-state index contributed by atoms with van der Waals surface area (Å²) >= 11 is 12.2. The average Bonchev–Trinajstić information content (AvgIpc) is 2.49. The first-order valence-corrected chi connectivity index (χ1v) is 7.32. The molecule has 21 heavy (non-hydrogen) atoms. The number of pyridine rings is 1. The van der Waals surface area contributed by atoms with E-state index in [-0.39, 0.29) is 5.88 Å². The van der Waals surface area contributed by atoms with E-state index in [9.17, 15) is 0 Å². The van der Waals surface area contributed by atoms with Gasteiger partial charge >= 0.3 is 0 Å². The average molecular weight is 327 g/mol. The number of hydrogen-bond donors (Lipinski definition) is 1. The maximum atomic E-state index is 6.14. The number of nitrogens with zero attached hydrogens (tertiary/aromatic N) is 1. The number of halogens is 2. The van der Waals surface area contributed by atoms with Crippen LogP contribution in [0.2, 0.25) is 10.0 Å². The van der Waals surface area contributed by atoms with Crippen LogP contribution in [-0.2, 0) is 0 Å². The summed E-state index contributed by atoms with van der Waals surface area (Å²) < 4.78 is 11.0. The molecule has 0 amide bonds. The zero-order valence-electron chi connectivity index (χ0n) is 11.8. The van der Waals surface area contributed by atoms with Crippen LogP contribution in [0.4, 0.5) is 5.82 Å². The largest absolute Gasteiger partial charge is 0.493 e. The predicted octanol–water partition coefficient (Wildman–Crippen LogP) is 5.01. The summed E-state index contributed by atoms with van der Waals surface area (Å²) in [5.74, 6) is 1.98. The molecule has 1 aromatic carbocycles. The van der Waals surface area contributed by atoms with Crippen molar-refractivity contribution in [2.75, 3.05) is 19.0 Å². The van der Waals surface area contributed by atoms with Gasteiger partial charge in [-0.05, 0) is 24.6 Å². The molecule has 1 heterocycles. The third kappa shape index (κ3) is 3.93. The second-order valence-electron chi connectivity index (χ2n) is 4.29. The highest BCUT2D eigenvalue weighted by Crippen LogP contribution is 2.36. The van der Waals surface area contributed by atoms with Crippen molar-refractivity contribution in [2.45, 2.75) is 13.3 Å². The van der Waals surface area contributed by atoms with Crippen molar-refractivity contribution >= 4 is 29.0 Å². The number of rotatable bonds is 6. The highest BCUT2D eigenvalue weighted by Gasteiger charge is 2.13. The van der Waals surface area contributed by atoms with Gasteiger partial charge in [0.05, 0.1) is 12.1 Å². The van der Waals surface area contributed by atoms with Crippen molar-refractivity contribution in [3.05, 3.63) is 40.4 Å². The van der Waals surface area contributed by atoms with Crippen LogP contribution in [-0.4, -0.2) is 18.6 Å². The maximum Gasteiger partial charge on any atom is 0.240 e. The van der Waals surface area contributed by atoms with E-state index in [2.05, 4.69) is 17.2 Å². The number of ether oxygens (including phenoxy) is 2. The van der Waals surface area contributed by atoms with Gasteiger partial charge in [-0.15, -0.1) is 0 Å². The Morgan fingerprint density at radius 1 is 1.14 bits per heavy atom.